The van der Waals surface area contributed by atoms with Gasteiger partial charge in [-0.1, -0.05) is 26.0 Å². The van der Waals surface area contributed by atoms with Crippen molar-refractivity contribution in [3.8, 4) is 5.69 Å². The Balaban J connectivity index is 2.30. The fraction of sp³-hybridized carbons (Fsp3) is 0.583. The van der Waals surface area contributed by atoms with Gasteiger partial charge in [-0.2, -0.15) is 5.10 Å². The van der Waals surface area contributed by atoms with Gasteiger partial charge in [0.1, 0.15) is 5.69 Å². The van der Waals surface area contributed by atoms with E-state index in [9.17, 15) is 0 Å². The Labute approximate surface area is 107 Å². The SMILES string of the molecule is CCc1nn(C)cc1-n1nncc1CNC(C)C. The van der Waals surface area contributed by atoms with E-state index in [1.807, 2.05) is 22.6 Å². The molecule has 0 aliphatic heterocycles. The Bertz CT molecular complexity index is 510. The van der Waals surface area contributed by atoms with E-state index in [1.54, 1.807) is 6.20 Å². The summed E-state index contributed by atoms with van der Waals surface area (Å²) < 4.78 is 3.68. The first-order valence-corrected chi connectivity index (χ1v) is 6.27. The van der Waals surface area contributed by atoms with Crippen molar-refractivity contribution in [2.24, 2.45) is 7.05 Å². The van der Waals surface area contributed by atoms with Crippen LogP contribution >= 0.6 is 0 Å². The van der Waals surface area contributed by atoms with E-state index in [0.717, 1.165) is 30.0 Å². The monoisotopic (exact) mass is 248 g/mol. The molecule has 1 N–H and O–H groups in total. The van der Waals surface area contributed by atoms with Gasteiger partial charge in [-0.25, -0.2) is 4.68 Å². The lowest BCUT2D eigenvalue weighted by atomic mass is 10.3. The van der Waals surface area contributed by atoms with Gasteiger partial charge < -0.3 is 5.32 Å². The second kappa shape index (κ2) is 5.30. The van der Waals surface area contributed by atoms with Crippen molar-refractivity contribution in [2.45, 2.75) is 39.8 Å². The summed E-state index contributed by atoms with van der Waals surface area (Å²) in [6, 6.07) is 0.438. The van der Waals surface area contributed by atoms with Crippen LogP contribution in [0.25, 0.3) is 5.69 Å². The summed E-state index contributed by atoms with van der Waals surface area (Å²) >= 11 is 0. The fourth-order valence-corrected chi connectivity index (χ4v) is 1.84. The zero-order valence-electron chi connectivity index (χ0n) is 11.4. The third kappa shape index (κ3) is 2.59. The molecule has 0 unspecified atom stereocenters. The molecule has 0 saturated carbocycles. The highest BCUT2D eigenvalue weighted by atomic mass is 15.4. The molecule has 0 aliphatic rings. The highest BCUT2D eigenvalue weighted by Crippen LogP contribution is 2.14. The first-order valence-electron chi connectivity index (χ1n) is 6.27. The maximum Gasteiger partial charge on any atom is 0.108 e. The molecule has 2 rings (SSSR count). The highest BCUT2D eigenvalue weighted by Gasteiger charge is 2.13. The largest absolute Gasteiger partial charge is 0.309 e. The van der Waals surface area contributed by atoms with E-state index < -0.39 is 0 Å². The van der Waals surface area contributed by atoms with Gasteiger partial charge in [0.25, 0.3) is 0 Å². The number of rotatable bonds is 5. The Kier molecular flexibility index (Phi) is 3.76. The molecule has 0 radical (unpaired) electrons. The summed E-state index contributed by atoms with van der Waals surface area (Å²) in [5.74, 6) is 0. The molecule has 0 bridgehead atoms. The number of nitrogens with one attached hydrogen (secondary N) is 1. The zero-order chi connectivity index (χ0) is 13.1. The third-order valence-electron chi connectivity index (χ3n) is 2.76. The lowest BCUT2D eigenvalue weighted by Crippen LogP contribution is -2.23. The van der Waals surface area contributed by atoms with Gasteiger partial charge in [0.2, 0.25) is 0 Å². The predicted octanol–water partition coefficient (Wildman–Crippen LogP) is 1.06. The molecule has 2 aromatic heterocycles. The highest BCUT2D eigenvalue weighted by molar-refractivity contribution is 5.34. The molecule has 0 aromatic carbocycles. The third-order valence-corrected chi connectivity index (χ3v) is 2.76. The van der Waals surface area contributed by atoms with Crippen molar-refractivity contribution in [3.63, 3.8) is 0 Å². The minimum Gasteiger partial charge on any atom is -0.309 e. The van der Waals surface area contributed by atoms with Crippen molar-refractivity contribution in [3.05, 3.63) is 23.8 Å². The topological polar surface area (TPSA) is 60.6 Å². The van der Waals surface area contributed by atoms with Crippen LogP contribution in [-0.4, -0.2) is 30.8 Å². The van der Waals surface area contributed by atoms with Crippen molar-refractivity contribution in [1.82, 2.24) is 30.1 Å². The normalized spacial score (nSPS) is 11.4. The van der Waals surface area contributed by atoms with Crippen molar-refractivity contribution < 1.29 is 0 Å². The molecule has 2 heterocycles. The molecule has 0 spiro atoms. The molecule has 6 heteroatoms. The van der Waals surface area contributed by atoms with Gasteiger partial charge in [0.05, 0.1) is 23.8 Å². The first-order chi connectivity index (χ1) is 8.61. The number of aromatic nitrogens is 5. The zero-order valence-corrected chi connectivity index (χ0v) is 11.4. The molecule has 0 atom stereocenters. The maximum absolute atomic E-state index is 4.43. The average molecular weight is 248 g/mol. The van der Waals surface area contributed by atoms with Crippen LogP contribution in [0, 0.1) is 0 Å². The lowest BCUT2D eigenvalue weighted by Gasteiger charge is -2.09. The molecule has 2 aromatic rings. The van der Waals surface area contributed by atoms with Crippen molar-refractivity contribution in [1.29, 1.82) is 0 Å². The number of nitrogens with zero attached hydrogens (tertiary/aromatic N) is 5. The minimum absolute atomic E-state index is 0.438. The van der Waals surface area contributed by atoms with Crippen LogP contribution in [0.2, 0.25) is 0 Å². The minimum atomic E-state index is 0.438. The molecule has 0 aliphatic carbocycles. The summed E-state index contributed by atoms with van der Waals surface area (Å²) in [5.41, 5.74) is 3.10. The predicted molar refractivity (Wildman–Crippen MR) is 69.5 cm³/mol. The van der Waals surface area contributed by atoms with Gasteiger partial charge in [-0.05, 0) is 6.42 Å². The van der Waals surface area contributed by atoms with Crippen LogP contribution in [0.5, 0.6) is 0 Å². The summed E-state index contributed by atoms with van der Waals surface area (Å²) in [7, 11) is 1.92. The first kappa shape index (κ1) is 12.8. The molecule has 18 heavy (non-hydrogen) atoms. The van der Waals surface area contributed by atoms with E-state index in [0.29, 0.717) is 6.04 Å². The van der Waals surface area contributed by atoms with Crippen LogP contribution in [0.15, 0.2) is 12.4 Å². The van der Waals surface area contributed by atoms with Gasteiger partial charge in [-0.3, -0.25) is 4.68 Å². The summed E-state index contributed by atoms with van der Waals surface area (Å²) in [5, 5.41) is 16.0. The van der Waals surface area contributed by atoms with Crippen LogP contribution in [-0.2, 0) is 20.0 Å². The average Bonchev–Trinajstić information content (AvgIpc) is 2.91. The fourth-order valence-electron chi connectivity index (χ4n) is 1.84. The van der Waals surface area contributed by atoms with Gasteiger partial charge in [0, 0.05) is 19.6 Å². The van der Waals surface area contributed by atoms with Crippen LogP contribution in [0.1, 0.15) is 32.2 Å². The van der Waals surface area contributed by atoms with E-state index in [-0.39, 0.29) is 0 Å². The summed E-state index contributed by atoms with van der Waals surface area (Å²) in [4.78, 5) is 0. The second-order valence-corrected chi connectivity index (χ2v) is 4.66. The Morgan fingerprint density at radius 3 is 2.83 bits per heavy atom. The quantitative estimate of drug-likeness (QED) is 0.859. The number of hydrogen-bond donors (Lipinski definition) is 1. The Morgan fingerprint density at radius 2 is 2.17 bits per heavy atom. The van der Waals surface area contributed by atoms with Gasteiger partial charge in [-0.15, -0.1) is 5.10 Å². The van der Waals surface area contributed by atoms with Crippen molar-refractivity contribution in [2.75, 3.05) is 0 Å². The number of aryl methyl sites for hydroxylation is 2. The summed E-state index contributed by atoms with van der Waals surface area (Å²) in [6.45, 7) is 7.09. The Morgan fingerprint density at radius 1 is 1.39 bits per heavy atom. The number of hydrogen-bond acceptors (Lipinski definition) is 4. The van der Waals surface area contributed by atoms with Crippen LogP contribution in [0.3, 0.4) is 0 Å². The molecular formula is C12H20N6. The molecular weight excluding hydrogens is 228 g/mol. The van der Waals surface area contributed by atoms with Crippen LogP contribution < -0.4 is 5.32 Å². The van der Waals surface area contributed by atoms with Crippen LogP contribution in [0.4, 0.5) is 0 Å². The maximum atomic E-state index is 4.43. The lowest BCUT2D eigenvalue weighted by molar-refractivity contribution is 0.570. The summed E-state index contributed by atoms with van der Waals surface area (Å²) in [6.07, 6.45) is 4.65. The van der Waals surface area contributed by atoms with E-state index in [2.05, 4.69) is 41.5 Å². The molecule has 0 fully saturated rings. The standard InChI is InChI=1S/C12H20N6/c1-5-11-12(8-17(4)15-11)18-10(7-14-16-18)6-13-9(2)3/h7-9,13H,5-6H2,1-4H3. The molecule has 98 valence electrons. The molecule has 0 saturated heterocycles. The van der Waals surface area contributed by atoms with Gasteiger partial charge >= 0.3 is 0 Å². The van der Waals surface area contributed by atoms with E-state index in [1.165, 1.54) is 0 Å². The smallest absolute Gasteiger partial charge is 0.108 e. The molecule has 0 amide bonds. The Hall–Kier alpha value is -1.69. The van der Waals surface area contributed by atoms with E-state index >= 15 is 0 Å². The second-order valence-electron chi connectivity index (χ2n) is 4.66. The van der Waals surface area contributed by atoms with E-state index in [4.69, 9.17) is 0 Å². The van der Waals surface area contributed by atoms with Crippen molar-refractivity contribution >= 4 is 0 Å². The molecule has 6 nitrogen and oxygen atoms in total. The van der Waals surface area contributed by atoms with Gasteiger partial charge in [0.15, 0.2) is 0 Å².